The van der Waals surface area contributed by atoms with Crippen LogP contribution in [0, 0.1) is 17.1 Å². The molecule has 0 atom stereocenters. The normalized spacial score (nSPS) is 9.38. The Morgan fingerprint density at radius 2 is 2.31 bits per heavy atom. The van der Waals surface area contributed by atoms with E-state index in [2.05, 4.69) is 0 Å². The average molecular weight is 180 g/mol. The second-order valence-corrected chi connectivity index (χ2v) is 2.47. The minimum Gasteiger partial charge on any atom is -0.492 e. The monoisotopic (exact) mass is 180 g/mol. The molecular formula is C9H9FN2O. The van der Waals surface area contributed by atoms with E-state index in [9.17, 15) is 4.39 Å². The van der Waals surface area contributed by atoms with E-state index >= 15 is 0 Å². The fraction of sp³-hybridized carbons (Fsp3) is 0.222. The first-order valence-electron chi connectivity index (χ1n) is 3.69. The molecule has 4 heteroatoms. The molecular weight excluding hydrogens is 171 g/mol. The maximum atomic E-state index is 13.2. The van der Waals surface area contributed by atoms with Gasteiger partial charge in [0.25, 0.3) is 0 Å². The van der Waals surface area contributed by atoms with Crippen LogP contribution < -0.4 is 10.5 Å². The van der Waals surface area contributed by atoms with Crippen molar-refractivity contribution in [1.82, 2.24) is 0 Å². The molecule has 13 heavy (non-hydrogen) atoms. The summed E-state index contributed by atoms with van der Waals surface area (Å²) in [6.07, 6.45) is 0. The van der Waals surface area contributed by atoms with Gasteiger partial charge in [-0.15, -0.1) is 0 Å². The molecule has 0 saturated carbocycles. The molecule has 0 amide bonds. The van der Waals surface area contributed by atoms with Crippen LogP contribution in [-0.4, -0.2) is 7.11 Å². The van der Waals surface area contributed by atoms with Crippen molar-refractivity contribution in [2.75, 3.05) is 7.11 Å². The minimum atomic E-state index is -0.554. The van der Waals surface area contributed by atoms with Gasteiger partial charge in [-0.1, -0.05) is 0 Å². The van der Waals surface area contributed by atoms with Gasteiger partial charge in [0.2, 0.25) is 0 Å². The molecule has 0 unspecified atom stereocenters. The molecule has 0 aromatic heterocycles. The summed E-state index contributed by atoms with van der Waals surface area (Å²) in [5.74, 6) is -0.582. The number of hydrogen-bond donors (Lipinski definition) is 1. The lowest BCUT2D eigenvalue weighted by Gasteiger charge is -2.05. The van der Waals surface area contributed by atoms with Gasteiger partial charge in [0, 0.05) is 6.54 Å². The molecule has 0 aliphatic heterocycles. The van der Waals surface area contributed by atoms with E-state index in [4.69, 9.17) is 15.7 Å². The van der Waals surface area contributed by atoms with E-state index in [1.165, 1.54) is 19.2 Å². The summed E-state index contributed by atoms with van der Waals surface area (Å²) >= 11 is 0. The van der Waals surface area contributed by atoms with Crippen LogP contribution in [0.1, 0.15) is 11.1 Å². The number of rotatable bonds is 2. The van der Waals surface area contributed by atoms with E-state index < -0.39 is 5.82 Å². The van der Waals surface area contributed by atoms with Gasteiger partial charge in [-0.25, -0.2) is 4.39 Å². The number of nitrogens with zero attached hydrogens (tertiary/aromatic N) is 1. The topological polar surface area (TPSA) is 59.0 Å². The quantitative estimate of drug-likeness (QED) is 0.743. The standard InChI is InChI=1S/C9H9FN2O/c1-13-9-7(5-12)2-6(4-11)3-8(9)10/h2-3H,4,11H2,1H3. The Morgan fingerprint density at radius 3 is 2.77 bits per heavy atom. The fourth-order valence-electron chi connectivity index (χ4n) is 1.06. The first-order chi connectivity index (χ1) is 6.22. The van der Waals surface area contributed by atoms with Crippen LogP contribution >= 0.6 is 0 Å². The van der Waals surface area contributed by atoms with Crippen molar-refractivity contribution in [1.29, 1.82) is 5.26 Å². The molecule has 0 radical (unpaired) electrons. The summed E-state index contributed by atoms with van der Waals surface area (Å²) in [5, 5.41) is 8.66. The molecule has 0 spiro atoms. The zero-order chi connectivity index (χ0) is 9.84. The Balaban J connectivity index is 3.31. The minimum absolute atomic E-state index is 0.0281. The maximum absolute atomic E-state index is 13.2. The molecule has 1 aromatic carbocycles. The Labute approximate surface area is 75.5 Å². The Kier molecular flexibility index (Phi) is 2.83. The molecule has 0 saturated heterocycles. The number of hydrogen-bond acceptors (Lipinski definition) is 3. The molecule has 0 heterocycles. The second-order valence-electron chi connectivity index (χ2n) is 2.47. The zero-order valence-corrected chi connectivity index (χ0v) is 7.17. The Bertz CT molecular complexity index is 357. The van der Waals surface area contributed by atoms with E-state index in [0.717, 1.165) is 0 Å². The SMILES string of the molecule is COc1c(F)cc(CN)cc1C#N. The molecule has 3 nitrogen and oxygen atoms in total. The molecule has 68 valence electrons. The molecule has 0 bridgehead atoms. The number of methoxy groups -OCH3 is 1. The van der Waals surface area contributed by atoms with Crippen LogP contribution in [-0.2, 0) is 6.54 Å². The first-order valence-corrected chi connectivity index (χ1v) is 3.69. The molecule has 1 aromatic rings. The van der Waals surface area contributed by atoms with Gasteiger partial charge in [-0.05, 0) is 17.7 Å². The van der Waals surface area contributed by atoms with Crippen LogP contribution in [0.4, 0.5) is 4.39 Å². The highest BCUT2D eigenvalue weighted by Crippen LogP contribution is 2.23. The van der Waals surface area contributed by atoms with Gasteiger partial charge in [0.05, 0.1) is 12.7 Å². The van der Waals surface area contributed by atoms with Crippen molar-refractivity contribution < 1.29 is 9.13 Å². The lowest BCUT2D eigenvalue weighted by atomic mass is 10.1. The summed E-state index contributed by atoms with van der Waals surface area (Å²) in [6, 6.07) is 4.62. The highest BCUT2D eigenvalue weighted by Gasteiger charge is 2.10. The highest BCUT2D eigenvalue weighted by atomic mass is 19.1. The van der Waals surface area contributed by atoms with Gasteiger partial charge in [0.15, 0.2) is 11.6 Å². The molecule has 1 rings (SSSR count). The first kappa shape index (κ1) is 9.49. The molecule has 0 fully saturated rings. The summed E-state index contributed by atoms with van der Waals surface area (Å²) in [4.78, 5) is 0. The predicted molar refractivity (Wildman–Crippen MR) is 45.6 cm³/mol. The van der Waals surface area contributed by atoms with Gasteiger partial charge >= 0.3 is 0 Å². The van der Waals surface area contributed by atoms with Crippen LogP contribution in [0.25, 0.3) is 0 Å². The van der Waals surface area contributed by atoms with Crippen molar-refractivity contribution in [3.8, 4) is 11.8 Å². The third-order valence-corrected chi connectivity index (χ3v) is 1.66. The second kappa shape index (κ2) is 3.87. The van der Waals surface area contributed by atoms with Gasteiger partial charge < -0.3 is 10.5 Å². The third-order valence-electron chi connectivity index (χ3n) is 1.66. The van der Waals surface area contributed by atoms with Crippen molar-refractivity contribution in [3.63, 3.8) is 0 Å². The highest BCUT2D eigenvalue weighted by molar-refractivity contribution is 5.46. The predicted octanol–water partition coefficient (Wildman–Crippen LogP) is 1.16. The number of halogens is 1. The van der Waals surface area contributed by atoms with Crippen molar-refractivity contribution in [3.05, 3.63) is 29.1 Å². The fourth-order valence-corrected chi connectivity index (χ4v) is 1.06. The van der Waals surface area contributed by atoms with Crippen LogP contribution in [0.15, 0.2) is 12.1 Å². The van der Waals surface area contributed by atoms with Crippen molar-refractivity contribution in [2.24, 2.45) is 5.73 Å². The van der Waals surface area contributed by atoms with Gasteiger partial charge in [0.1, 0.15) is 6.07 Å². The maximum Gasteiger partial charge on any atom is 0.172 e. The van der Waals surface area contributed by atoms with Gasteiger partial charge in [-0.3, -0.25) is 0 Å². The molecule has 0 aliphatic rings. The molecule has 2 N–H and O–H groups in total. The van der Waals surface area contributed by atoms with Crippen LogP contribution in [0.2, 0.25) is 0 Å². The van der Waals surface area contributed by atoms with E-state index in [0.29, 0.717) is 5.56 Å². The van der Waals surface area contributed by atoms with Crippen molar-refractivity contribution >= 4 is 0 Å². The summed E-state index contributed by atoms with van der Waals surface area (Å²) < 4.78 is 17.9. The summed E-state index contributed by atoms with van der Waals surface area (Å²) in [5.41, 5.74) is 6.06. The molecule has 0 aliphatic carbocycles. The third kappa shape index (κ3) is 1.76. The number of benzene rings is 1. The van der Waals surface area contributed by atoms with Gasteiger partial charge in [-0.2, -0.15) is 5.26 Å². The van der Waals surface area contributed by atoms with Crippen LogP contribution in [0.5, 0.6) is 5.75 Å². The number of nitriles is 1. The summed E-state index contributed by atoms with van der Waals surface area (Å²) in [7, 11) is 1.32. The van der Waals surface area contributed by atoms with E-state index in [1.807, 2.05) is 6.07 Å². The van der Waals surface area contributed by atoms with Crippen LogP contribution in [0.3, 0.4) is 0 Å². The zero-order valence-electron chi connectivity index (χ0n) is 7.17. The van der Waals surface area contributed by atoms with E-state index in [-0.39, 0.29) is 17.9 Å². The average Bonchev–Trinajstić information content (AvgIpc) is 2.16. The Hall–Kier alpha value is -1.60. The van der Waals surface area contributed by atoms with Crippen molar-refractivity contribution in [2.45, 2.75) is 6.54 Å². The smallest absolute Gasteiger partial charge is 0.172 e. The largest absolute Gasteiger partial charge is 0.492 e. The number of nitrogens with two attached hydrogens (primary N) is 1. The lowest BCUT2D eigenvalue weighted by Crippen LogP contribution is -2.00. The lowest BCUT2D eigenvalue weighted by molar-refractivity contribution is 0.385. The Morgan fingerprint density at radius 1 is 1.62 bits per heavy atom. The number of ether oxygens (including phenoxy) is 1. The summed E-state index contributed by atoms with van der Waals surface area (Å²) in [6.45, 7) is 0.204. The van der Waals surface area contributed by atoms with E-state index in [1.54, 1.807) is 0 Å².